The van der Waals surface area contributed by atoms with Gasteiger partial charge in [-0.1, -0.05) is 60.1 Å². The molecule has 0 bridgehead atoms. The Hall–Kier alpha value is -2.99. The van der Waals surface area contributed by atoms with E-state index in [0.717, 1.165) is 11.3 Å². The monoisotopic (exact) mass is 280 g/mol. The third kappa shape index (κ3) is 1.97. The van der Waals surface area contributed by atoms with E-state index in [-0.39, 0.29) is 6.85 Å². The topological polar surface area (TPSA) is 35.8 Å². The summed E-state index contributed by atoms with van der Waals surface area (Å²) >= 11 is 0. The molecule has 0 amide bonds. The second-order valence-corrected chi connectivity index (χ2v) is 5.45. The third-order valence-electron chi connectivity index (χ3n) is 4.14. The quantitative estimate of drug-likeness (QED) is 0.696. The van der Waals surface area contributed by atoms with Gasteiger partial charge in [-0.2, -0.15) is 5.26 Å². The van der Waals surface area contributed by atoms with Crippen molar-refractivity contribution in [2.45, 2.75) is 0 Å². The minimum absolute atomic E-state index is 0.137. The van der Waals surface area contributed by atoms with E-state index in [1.54, 1.807) is 0 Å². The van der Waals surface area contributed by atoms with Crippen molar-refractivity contribution in [2.24, 2.45) is 0 Å². The van der Waals surface area contributed by atoms with Gasteiger partial charge in [0.15, 0.2) is 0 Å². The summed E-state index contributed by atoms with van der Waals surface area (Å²) in [5.41, 5.74) is 6.55. The Morgan fingerprint density at radius 2 is 1.59 bits per heavy atom. The van der Waals surface area contributed by atoms with Crippen LogP contribution in [0.3, 0.4) is 0 Å². The Bertz CT molecular complexity index is 881. The van der Waals surface area contributed by atoms with Gasteiger partial charge in [0, 0.05) is 11.3 Å². The second kappa shape index (κ2) is 5.09. The van der Waals surface area contributed by atoms with E-state index in [9.17, 15) is 0 Å². The first-order valence-corrected chi connectivity index (χ1v) is 7.32. The molecule has 3 aromatic rings. The van der Waals surface area contributed by atoms with Gasteiger partial charge in [-0.25, -0.2) is 0 Å². The molecule has 0 atom stereocenters. The predicted molar refractivity (Wildman–Crippen MR) is 91.7 cm³/mol. The molecule has 0 unspecified atom stereocenters. The van der Waals surface area contributed by atoms with Crippen LogP contribution in [0, 0.1) is 11.3 Å². The Kier molecular flexibility index (Phi) is 2.95. The summed E-state index contributed by atoms with van der Waals surface area (Å²) in [6.07, 6.45) is 0. The lowest BCUT2D eigenvalue weighted by molar-refractivity contribution is 1.48. The highest BCUT2D eigenvalue weighted by Crippen LogP contribution is 2.31. The van der Waals surface area contributed by atoms with E-state index >= 15 is 0 Å². The van der Waals surface area contributed by atoms with Crippen LogP contribution in [0.4, 0.5) is 5.69 Å². The molecule has 1 aliphatic heterocycles. The minimum atomic E-state index is 0.137. The van der Waals surface area contributed by atoms with Crippen LogP contribution < -0.4 is 16.2 Å². The zero-order valence-corrected chi connectivity index (χ0v) is 12.0. The van der Waals surface area contributed by atoms with Gasteiger partial charge in [0.25, 0.3) is 0 Å². The maximum atomic E-state index is 9.15. The average Bonchev–Trinajstić information content (AvgIpc) is 2.61. The van der Waals surface area contributed by atoms with Gasteiger partial charge in [0.1, 0.15) is 0 Å². The smallest absolute Gasteiger partial charge is 0.321 e. The van der Waals surface area contributed by atoms with Gasteiger partial charge in [-0.3, -0.25) is 0 Å². The van der Waals surface area contributed by atoms with Gasteiger partial charge in [0.2, 0.25) is 0 Å². The van der Waals surface area contributed by atoms with Gasteiger partial charge >= 0.3 is 6.85 Å². The summed E-state index contributed by atoms with van der Waals surface area (Å²) in [5.74, 6) is 0. The van der Waals surface area contributed by atoms with Crippen molar-refractivity contribution in [1.29, 1.82) is 5.26 Å². The summed E-state index contributed by atoms with van der Waals surface area (Å²) in [5, 5.41) is 12.8. The molecule has 102 valence electrons. The van der Waals surface area contributed by atoms with Crippen molar-refractivity contribution in [3.05, 3.63) is 78.4 Å². The highest BCUT2D eigenvalue weighted by Gasteiger charge is 2.28. The first-order chi connectivity index (χ1) is 10.9. The molecule has 3 aromatic carbocycles. The fraction of sp³-hybridized carbons (Fsp3) is 0. The van der Waals surface area contributed by atoms with E-state index in [1.807, 2.05) is 24.3 Å². The van der Waals surface area contributed by atoms with E-state index < -0.39 is 0 Å². The number of fused-ring (bicyclic) bond motifs is 3. The normalized spacial score (nSPS) is 11.9. The van der Waals surface area contributed by atoms with Gasteiger partial charge in [-0.15, -0.1) is 0 Å². The Balaban J connectivity index is 1.93. The van der Waals surface area contributed by atoms with E-state index in [1.165, 1.54) is 16.5 Å². The molecule has 0 radical (unpaired) electrons. The Morgan fingerprint density at radius 1 is 0.818 bits per heavy atom. The van der Waals surface area contributed by atoms with Crippen LogP contribution in [0.25, 0.3) is 11.1 Å². The van der Waals surface area contributed by atoms with Gasteiger partial charge in [0.05, 0.1) is 11.6 Å². The highest BCUT2D eigenvalue weighted by atomic mass is 14.8. The lowest BCUT2D eigenvalue weighted by atomic mass is 9.48. The van der Waals surface area contributed by atoms with Crippen molar-refractivity contribution in [2.75, 3.05) is 5.23 Å². The van der Waals surface area contributed by atoms with Crippen molar-refractivity contribution in [1.82, 2.24) is 0 Å². The molecule has 2 nitrogen and oxygen atoms in total. The van der Waals surface area contributed by atoms with Crippen molar-refractivity contribution < 1.29 is 0 Å². The Morgan fingerprint density at radius 3 is 2.41 bits per heavy atom. The first kappa shape index (κ1) is 12.7. The molecule has 1 N–H and O–H groups in total. The molecule has 1 heterocycles. The summed E-state index contributed by atoms with van der Waals surface area (Å²) < 4.78 is 0. The molecular weight excluding hydrogens is 267 g/mol. The predicted octanol–water partition coefficient (Wildman–Crippen LogP) is 2.76. The van der Waals surface area contributed by atoms with Crippen molar-refractivity contribution in [3.8, 4) is 17.2 Å². The van der Waals surface area contributed by atoms with Crippen molar-refractivity contribution >= 4 is 23.5 Å². The third-order valence-corrected chi connectivity index (χ3v) is 4.14. The minimum Gasteiger partial charge on any atom is -0.420 e. The summed E-state index contributed by atoms with van der Waals surface area (Å²) in [6.45, 7) is 0.137. The first-order valence-electron chi connectivity index (χ1n) is 7.32. The van der Waals surface area contributed by atoms with Gasteiger partial charge < -0.3 is 5.23 Å². The summed E-state index contributed by atoms with van der Waals surface area (Å²) in [7, 11) is 0. The van der Waals surface area contributed by atoms with Crippen LogP contribution in [0.5, 0.6) is 0 Å². The number of nitriles is 1. The highest BCUT2D eigenvalue weighted by molar-refractivity contribution is 6.89. The molecule has 0 aliphatic carbocycles. The largest absolute Gasteiger partial charge is 0.420 e. The maximum Gasteiger partial charge on any atom is 0.321 e. The molecule has 3 heteroatoms. The van der Waals surface area contributed by atoms with Crippen molar-refractivity contribution in [3.63, 3.8) is 0 Å². The number of benzene rings is 3. The molecule has 0 aromatic heterocycles. The summed E-state index contributed by atoms with van der Waals surface area (Å²) in [4.78, 5) is 0. The number of rotatable bonds is 1. The molecule has 0 saturated heterocycles. The molecule has 0 spiro atoms. The molecule has 22 heavy (non-hydrogen) atoms. The lowest BCUT2D eigenvalue weighted by Crippen LogP contribution is -2.51. The average molecular weight is 280 g/mol. The zero-order valence-electron chi connectivity index (χ0n) is 12.0. The van der Waals surface area contributed by atoms with Crippen LogP contribution in [0.2, 0.25) is 0 Å². The summed E-state index contributed by atoms with van der Waals surface area (Å²) in [6, 6.07) is 26.9. The molecule has 1 aliphatic rings. The van der Waals surface area contributed by atoms with E-state index in [2.05, 4.69) is 59.8 Å². The number of hydrogen-bond acceptors (Lipinski definition) is 2. The number of nitrogens with one attached hydrogen (secondary N) is 1. The fourth-order valence-electron chi connectivity index (χ4n) is 3.10. The Labute approximate surface area is 130 Å². The number of anilines is 1. The standard InChI is InChI=1S/C19H13BN2/c21-13-14-10-11-19-17(12-14)16-8-4-5-9-18(16)20(22-19)15-6-2-1-3-7-15/h1-12,22H. The fourth-order valence-corrected chi connectivity index (χ4v) is 3.10. The van der Waals surface area contributed by atoms with Crippen LogP contribution in [0.1, 0.15) is 5.56 Å². The van der Waals surface area contributed by atoms with Gasteiger partial charge in [-0.05, 0) is 29.2 Å². The van der Waals surface area contributed by atoms with E-state index in [4.69, 9.17) is 5.26 Å². The maximum absolute atomic E-state index is 9.15. The molecule has 4 rings (SSSR count). The zero-order chi connectivity index (χ0) is 14.9. The second-order valence-electron chi connectivity index (χ2n) is 5.45. The van der Waals surface area contributed by atoms with Crippen LogP contribution in [-0.2, 0) is 0 Å². The van der Waals surface area contributed by atoms with Crippen LogP contribution in [0.15, 0.2) is 72.8 Å². The SMILES string of the molecule is N#Cc1ccc2c(c1)-c1ccccc1B(c1ccccc1)N2. The lowest BCUT2D eigenvalue weighted by Gasteiger charge is -2.27. The molecule has 0 saturated carbocycles. The van der Waals surface area contributed by atoms with Crippen LogP contribution in [-0.4, -0.2) is 6.85 Å². The molecular formula is C19H13BN2. The number of hydrogen-bond donors (Lipinski definition) is 1. The van der Waals surface area contributed by atoms with Crippen LogP contribution >= 0.6 is 0 Å². The van der Waals surface area contributed by atoms with E-state index in [0.29, 0.717) is 5.56 Å². The number of nitrogens with zero attached hydrogens (tertiary/aromatic N) is 1. The molecule has 0 fully saturated rings.